The van der Waals surface area contributed by atoms with Crippen molar-refractivity contribution in [1.29, 1.82) is 0 Å². The van der Waals surface area contributed by atoms with Crippen molar-refractivity contribution in [2.45, 2.75) is 26.3 Å². The van der Waals surface area contributed by atoms with Crippen LogP contribution in [0.15, 0.2) is 6.33 Å². The Bertz CT molecular complexity index is 312. The molecular weight excluding hydrogens is 198 g/mol. The topological polar surface area (TPSA) is 85.9 Å². The van der Waals surface area contributed by atoms with E-state index in [1.807, 2.05) is 0 Å². The molecule has 0 aromatic carbocycles. The van der Waals surface area contributed by atoms with E-state index in [4.69, 9.17) is 0 Å². The van der Waals surface area contributed by atoms with Crippen molar-refractivity contribution in [3.63, 3.8) is 0 Å². The normalized spacial score (nSPS) is 10.5. The van der Waals surface area contributed by atoms with Crippen molar-refractivity contribution in [3.8, 4) is 0 Å². The van der Waals surface area contributed by atoms with Crippen LogP contribution in [0.2, 0.25) is 0 Å². The summed E-state index contributed by atoms with van der Waals surface area (Å²) in [7, 11) is 0. The predicted molar refractivity (Wildman–Crippen MR) is 54.5 cm³/mol. The van der Waals surface area contributed by atoms with Crippen LogP contribution in [0, 0.1) is 10.1 Å². The number of nitrogens with one attached hydrogen (secondary N) is 1. The highest BCUT2D eigenvalue weighted by Gasteiger charge is 2.11. The van der Waals surface area contributed by atoms with Gasteiger partial charge in [-0.25, -0.2) is 0 Å². The molecule has 0 saturated heterocycles. The van der Waals surface area contributed by atoms with Crippen LogP contribution < -0.4 is 5.32 Å². The molecule has 0 saturated carbocycles. The molecule has 0 atom stereocenters. The molecule has 7 nitrogen and oxygen atoms in total. The van der Waals surface area contributed by atoms with Gasteiger partial charge >= 0.3 is 5.95 Å². The van der Waals surface area contributed by atoms with E-state index in [9.17, 15) is 10.1 Å². The van der Waals surface area contributed by atoms with Gasteiger partial charge in [0.15, 0.2) is 0 Å². The molecule has 1 N–H and O–H groups in total. The number of hydrogen-bond acceptors (Lipinski definition) is 5. The molecule has 84 valence electrons. The smallest absolute Gasteiger partial charge is 0.390 e. The van der Waals surface area contributed by atoms with Crippen molar-refractivity contribution in [1.82, 2.24) is 20.1 Å². The van der Waals surface area contributed by atoms with Crippen LogP contribution in [0.1, 0.15) is 19.8 Å². The van der Waals surface area contributed by atoms with Crippen LogP contribution in [0.25, 0.3) is 0 Å². The van der Waals surface area contributed by atoms with Crippen LogP contribution in [0.3, 0.4) is 0 Å². The maximum Gasteiger partial charge on any atom is 0.490 e. The molecule has 0 amide bonds. The van der Waals surface area contributed by atoms with Gasteiger partial charge in [-0.2, -0.15) is 4.68 Å². The quantitative estimate of drug-likeness (QED) is 0.406. The molecule has 0 radical (unpaired) electrons. The molecule has 7 heteroatoms. The lowest BCUT2D eigenvalue weighted by molar-refractivity contribution is -0.394. The van der Waals surface area contributed by atoms with E-state index in [-0.39, 0.29) is 5.95 Å². The minimum Gasteiger partial charge on any atom is -0.390 e. The van der Waals surface area contributed by atoms with Crippen LogP contribution in [-0.4, -0.2) is 32.8 Å². The molecule has 15 heavy (non-hydrogen) atoms. The van der Waals surface area contributed by atoms with Crippen molar-refractivity contribution in [2.24, 2.45) is 0 Å². The van der Waals surface area contributed by atoms with Gasteiger partial charge in [0.05, 0.1) is 6.54 Å². The van der Waals surface area contributed by atoms with E-state index in [1.165, 1.54) is 11.0 Å². The first-order valence-corrected chi connectivity index (χ1v) is 4.98. The monoisotopic (exact) mass is 213 g/mol. The molecule has 0 fully saturated rings. The molecule has 0 bridgehead atoms. The fraction of sp³-hybridized carbons (Fsp3) is 0.750. The fourth-order valence-corrected chi connectivity index (χ4v) is 1.14. The highest BCUT2D eigenvalue weighted by molar-refractivity contribution is 4.96. The third-order valence-electron chi connectivity index (χ3n) is 1.86. The molecule has 0 spiro atoms. The summed E-state index contributed by atoms with van der Waals surface area (Å²) in [6.07, 6.45) is 3.38. The van der Waals surface area contributed by atoms with Gasteiger partial charge in [-0.1, -0.05) is 11.9 Å². The number of hydrogen-bond donors (Lipinski definition) is 1. The number of rotatable bonds is 7. The van der Waals surface area contributed by atoms with Crippen LogP contribution >= 0.6 is 0 Å². The Morgan fingerprint density at radius 2 is 2.40 bits per heavy atom. The molecule has 0 aliphatic carbocycles. The summed E-state index contributed by atoms with van der Waals surface area (Å²) in [6.45, 7) is 4.64. The van der Waals surface area contributed by atoms with E-state index in [0.717, 1.165) is 25.9 Å². The summed E-state index contributed by atoms with van der Waals surface area (Å²) in [5.41, 5.74) is 0. The average Bonchev–Trinajstić information content (AvgIpc) is 2.66. The summed E-state index contributed by atoms with van der Waals surface area (Å²) in [4.78, 5) is 13.3. The Kier molecular flexibility index (Phi) is 4.69. The van der Waals surface area contributed by atoms with Crippen molar-refractivity contribution in [3.05, 3.63) is 16.4 Å². The lowest BCUT2D eigenvalue weighted by Crippen LogP contribution is -2.17. The van der Waals surface area contributed by atoms with Gasteiger partial charge in [0.25, 0.3) is 0 Å². The van der Waals surface area contributed by atoms with Gasteiger partial charge in [-0.3, -0.25) is 0 Å². The molecule has 0 aliphatic heterocycles. The average molecular weight is 213 g/mol. The maximum absolute atomic E-state index is 10.3. The van der Waals surface area contributed by atoms with Gasteiger partial charge in [-0.05, 0) is 30.9 Å². The first-order chi connectivity index (χ1) is 7.24. The number of aryl methyl sites for hydroxylation is 1. The SMILES string of the molecule is CCCNCCCn1cnc([N+](=O)[O-])n1. The van der Waals surface area contributed by atoms with E-state index in [0.29, 0.717) is 6.54 Å². The molecule has 0 unspecified atom stereocenters. The number of aromatic nitrogens is 3. The molecule has 0 aliphatic rings. The van der Waals surface area contributed by atoms with Gasteiger partial charge in [-0.15, -0.1) is 0 Å². The molecular formula is C8H15N5O2. The Morgan fingerprint density at radius 3 is 3.00 bits per heavy atom. The van der Waals surface area contributed by atoms with Crippen LogP contribution in [0.5, 0.6) is 0 Å². The highest BCUT2D eigenvalue weighted by Crippen LogP contribution is 1.99. The van der Waals surface area contributed by atoms with Gasteiger partial charge in [0, 0.05) is 5.10 Å². The zero-order chi connectivity index (χ0) is 11.1. The Hall–Kier alpha value is -1.50. The Labute approximate surface area is 87.7 Å². The lowest BCUT2D eigenvalue weighted by atomic mass is 10.4. The van der Waals surface area contributed by atoms with E-state index < -0.39 is 4.92 Å². The molecule has 1 aromatic rings. The minimum absolute atomic E-state index is 0.337. The molecule has 1 heterocycles. The summed E-state index contributed by atoms with van der Waals surface area (Å²) >= 11 is 0. The first-order valence-electron chi connectivity index (χ1n) is 4.98. The van der Waals surface area contributed by atoms with Gasteiger partial charge in [0.1, 0.15) is 0 Å². The van der Waals surface area contributed by atoms with Gasteiger partial charge < -0.3 is 15.4 Å². The van der Waals surface area contributed by atoms with E-state index in [2.05, 4.69) is 22.3 Å². The number of nitro groups is 1. The van der Waals surface area contributed by atoms with Crippen LogP contribution in [-0.2, 0) is 6.54 Å². The standard InChI is InChI=1S/C8H15N5O2/c1-2-4-9-5-3-6-12-7-10-8(11-12)13(14)15/h7,9H,2-6H2,1H3. The maximum atomic E-state index is 10.3. The second-order valence-electron chi connectivity index (χ2n) is 3.17. The second-order valence-corrected chi connectivity index (χ2v) is 3.17. The predicted octanol–water partition coefficient (Wildman–Crippen LogP) is 0.576. The second kappa shape index (κ2) is 6.07. The minimum atomic E-state index is -0.591. The van der Waals surface area contributed by atoms with Gasteiger partial charge in [0.2, 0.25) is 6.33 Å². The van der Waals surface area contributed by atoms with Crippen LogP contribution in [0.4, 0.5) is 5.95 Å². The van der Waals surface area contributed by atoms with Crippen molar-refractivity contribution >= 4 is 5.95 Å². The third-order valence-corrected chi connectivity index (χ3v) is 1.86. The van der Waals surface area contributed by atoms with E-state index >= 15 is 0 Å². The summed E-state index contributed by atoms with van der Waals surface area (Å²) < 4.78 is 1.49. The Morgan fingerprint density at radius 1 is 1.60 bits per heavy atom. The highest BCUT2D eigenvalue weighted by atomic mass is 16.6. The zero-order valence-corrected chi connectivity index (χ0v) is 8.72. The fourth-order valence-electron chi connectivity index (χ4n) is 1.14. The zero-order valence-electron chi connectivity index (χ0n) is 8.72. The lowest BCUT2D eigenvalue weighted by Gasteiger charge is -2.00. The molecule has 1 rings (SSSR count). The summed E-state index contributed by atoms with van der Waals surface area (Å²) in [5.74, 6) is -0.337. The third kappa shape index (κ3) is 4.03. The van der Waals surface area contributed by atoms with E-state index in [1.54, 1.807) is 0 Å². The Balaban J connectivity index is 2.23. The largest absolute Gasteiger partial charge is 0.490 e. The van der Waals surface area contributed by atoms with Crippen molar-refractivity contribution < 1.29 is 4.92 Å². The summed E-state index contributed by atoms with van der Waals surface area (Å²) in [6, 6.07) is 0. The summed E-state index contributed by atoms with van der Waals surface area (Å²) in [5, 5.41) is 17.2. The number of nitrogens with zero attached hydrogens (tertiary/aromatic N) is 4. The molecule has 1 aromatic heterocycles. The van der Waals surface area contributed by atoms with Crippen molar-refractivity contribution in [2.75, 3.05) is 13.1 Å². The first kappa shape index (κ1) is 11.6.